The number of ether oxygens (including phenoxy) is 1. The molecule has 0 heterocycles. The summed E-state index contributed by atoms with van der Waals surface area (Å²) in [5, 5.41) is 9.08. The number of halogens is 1. The molecule has 0 fully saturated rings. The summed E-state index contributed by atoms with van der Waals surface area (Å²) in [6, 6.07) is 6.08. The first-order valence-electron chi connectivity index (χ1n) is 5.22. The van der Waals surface area contributed by atoms with Gasteiger partial charge in [-0.25, -0.2) is 0 Å². The van der Waals surface area contributed by atoms with Crippen LogP contribution in [0.3, 0.4) is 0 Å². The van der Waals surface area contributed by atoms with E-state index in [-0.39, 0.29) is 12.6 Å². The summed E-state index contributed by atoms with van der Waals surface area (Å²) in [7, 11) is 3.66. The largest absolute Gasteiger partial charge is 0.496 e. The van der Waals surface area contributed by atoms with Crippen LogP contribution in [0.1, 0.15) is 12.5 Å². The number of likely N-dealkylation sites (N-methyl/N-ethyl adjacent to an activating group) is 1. The molecule has 0 amide bonds. The van der Waals surface area contributed by atoms with Crippen LogP contribution in [0.15, 0.2) is 22.7 Å². The number of hydrogen-bond donors (Lipinski definition) is 1. The molecule has 0 radical (unpaired) electrons. The van der Waals surface area contributed by atoms with Crippen molar-refractivity contribution in [1.29, 1.82) is 0 Å². The Kier molecular flexibility index (Phi) is 5.25. The number of hydrogen-bond acceptors (Lipinski definition) is 3. The van der Waals surface area contributed by atoms with Gasteiger partial charge in [0.25, 0.3) is 0 Å². The molecule has 1 unspecified atom stereocenters. The lowest BCUT2D eigenvalue weighted by molar-refractivity contribution is 0.153. The van der Waals surface area contributed by atoms with E-state index < -0.39 is 0 Å². The maximum Gasteiger partial charge on any atom is 0.123 e. The zero-order valence-corrected chi connectivity index (χ0v) is 11.5. The van der Waals surface area contributed by atoms with E-state index in [9.17, 15) is 0 Å². The maximum atomic E-state index is 9.08. The van der Waals surface area contributed by atoms with Crippen LogP contribution >= 0.6 is 15.9 Å². The van der Waals surface area contributed by atoms with E-state index in [0.717, 1.165) is 22.3 Å². The molecule has 0 saturated carbocycles. The third-order valence-corrected chi connectivity index (χ3v) is 3.17. The van der Waals surface area contributed by atoms with E-state index in [1.165, 1.54) is 0 Å². The Bertz CT molecular complexity index is 344. The van der Waals surface area contributed by atoms with Crippen molar-refractivity contribution in [2.75, 3.05) is 20.8 Å². The highest BCUT2D eigenvalue weighted by Crippen LogP contribution is 2.24. The molecule has 0 aliphatic heterocycles. The maximum absolute atomic E-state index is 9.08. The van der Waals surface area contributed by atoms with Gasteiger partial charge in [-0.3, -0.25) is 4.90 Å². The molecule has 90 valence electrons. The van der Waals surface area contributed by atoms with E-state index in [4.69, 9.17) is 9.84 Å². The molecular formula is C12H18BrNO2. The molecule has 1 rings (SSSR count). The van der Waals surface area contributed by atoms with E-state index >= 15 is 0 Å². The topological polar surface area (TPSA) is 32.7 Å². The molecular weight excluding hydrogens is 270 g/mol. The average molecular weight is 288 g/mol. The second kappa shape index (κ2) is 6.23. The highest BCUT2D eigenvalue weighted by molar-refractivity contribution is 9.10. The first-order valence-corrected chi connectivity index (χ1v) is 6.01. The fraction of sp³-hybridized carbons (Fsp3) is 0.500. The fourth-order valence-corrected chi connectivity index (χ4v) is 1.84. The van der Waals surface area contributed by atoms with Crippen LogP contribution in [0.4, 0.5) is 0 Å². The van der Waals surface area contributed by atoms with Gasteiger partial charge in [-0.2, -0.15) is 0 Å². The van der Waals surface area contributed by atoms with Gasteiger partial charge in [-0.1, -0.05) is 15.9 Å². The smallest absolute Gasteiger partial charge is 0.123 e. The third kappa shape index (κ3) is 3.47. The first-order chi connectivity index (χ1) is 7.58. The average Bonchev–Trinajstić information content (AvgIpc) is 2.28. The van der Waals surface area contributed by atoms with Gasteiger partial charge in [0.15, 0.2) is 0 Å². The SMILES string of the molecule is COc1ccc(Br)cc1CN(C)C(C)CO. The zero-order valence-electron chi connectivity index (χ0n) is 9.90. The normalized spacial score (nSPS) is 12.9. The van der Waals surface area contributed by atoms with Gasteiger partial charge < -0.3 is 9.84 Å². The molecule has 3 nitrogen and oxygen atoms in total. The minimum absolute atomic E-state index is 0.142. The van der Waals surface area contributed by atoms with Crippen molar-refractivity contribution in [3.05, 3.63) is 28.2 Å². The Morgan fingerprint density at radius 1 is 1.50 bits per heavy atom. The summed E-state index contributed by atoms with van der Waals surface area (Å²) in [5.41, 5.74) is 1.11. The number of nitrogens with zero attached hydrogens (tertiary/aromatic N) is 1. The van der Waals surface area contributed by atoms with Crippen molar-refractivity contribution in [1.82, 2.24) is 4.90 Å². The molecule has 4 heteroatoms. The van der Waals surface area contributed by atoms with Crippen molar-refractivity contribution < 1.29 is 9.84 Å². The highest BCUT2D eigenvalue weighted by atomic mass is 79.9. The van der Waals surface area contributed by atoms with Crippen molar-refractivity contribution in [2.24, 2.45) is 0 Å². The highest BCUT2D eigenvalue weighted by Gasteiger charge is 2.11. The van der Waals surface area contributed by atoms with Gasteiger partial charge in [0, 0.05) is 22.6 Å². The molecule has 0 aliphatic rings. The van der Waals surface area contributed by atoms with Crippen LogP contribution in [0.2, 0.25) is 0 Å². The monoisotopic (exact) mass is 287 g/mol. The van der Waals surface area contributed by atoms with E-state index in [2.05, 4.69) is 20.8 Å². The van der Waals surface area contributed by atoms with E-state index in [0.29, 0.717) is 0 Å². The number of aliphatic hydroxyl groups is 1. The predicted octanol–water partition coefficient (Wildman–Crippen LogP) is 2.27. The van der Waals surface area contributed by atoms with Crippen LogP contribution in [-0.2, 0) is 6.54 Å². The number of methoxy groups -OCH3 is 1. The standard InChI is InChI=1S/C12H18BrNO2/c1-9(8-15)14(2)7-10-6-11(13)4-5-12(10)16-3/h4-6,9,15H,7-8H2,1-3H3. The van der Waals surface area contributed by atoms with Crippen molar-refractivity contribution >= 4 is 15.9 Å². The summed E-state index contributed by atoms with van der Waals surface area (Å²) < 4.78 is 6.34. The van der Waals surface area contributed by atoms with Gasteiger partial charge >= 0.3 is 0 Å². The molecule has 0 spiro atoms. The molecule has 0 bridgehead atoms. The number of benzene rings is 1. The molecule has 1 N–H and O–H groups in total. The van der Waals surface area contributed by atoms with Crippen molar-refractivity contribution in [3.8, 4) is 5.75 Å². The Balaban J connectivity index is 2.82. The molecule has 1 atom stereocenters. The Morgan fingerprint density at radius 3 is 2.75 bits per heavy atom. The van der Waals surface area contributed by atoms with Gasteiger partial charge in [0.05, 0.1) is 13.7 Å². The van der Waals surface area contributed by atoms with Crippen molar-refractivity contribution in [3.63, 3.8) is 0 Å². The van der Waals surface area contributed by atoms with Crippen molar-refractivity contribution in [2.45, 2.75) is 19.5 Å². The lowest BCUT2D eigenvalue weighted by atomic mass is 10.1. The molecule has 1 aromatic rings. The second-order valence-corrected chi connectivity index (χ2v) is 4.82. The summed E-state index contributed by atoms with van der Waals surface area (Å²) in [4.78, 5) is 2.09. The predicted molar refractivity (Wildman–Crippen MR) is 68.7 cm³/mol. The lowest BCUT2D eigenvalue weighted by Gasteiger charge is -2.23. The fourth-order valence-electron chi connectivity index (χ4n) is 1.43. The van der Waals surface area contributed by atoms with Crippen LogP contribution in [-0.4, -0.2) is 36.8 Å². The molecule has 1 aromatic carbocycles. The van der Waals surface area contributed by atoms with E-state index in [1.807, 2.05) is 32.2 Å². The van der Waals surface area contributed by atoms with Gasteiger partial charge in [0.1, 0.15) is 5.75 Å². The number of aliphatic hydroxyl groups excluding tert-OH is 1. The summed E-state index contributed by atoms with van der Waals surface area (Å²) in [6.07, 6.45) is 0. The number of rotatable bonds is 5. The van der Waals surface area contributed by atoms with Gasteiger partial charge in [0.2, 0.25) is 0 Å². The Morgan fingerprint density at radius 2 is 2.19 bits per heavy atom. The molecule has 0 saturated heterocycles. The molecule has 0 aromatic heterocycles. The Hall–Kier alpha value is -0.580. The third-order valence-electron chi connectivity index (χ3n) is 2.68. The minimum atomic E-state index is 0.142. The Labute approximate surface area is 105 Å². The van der Waals surface area contributed by atoms with Crippen LogP contribution in [0.5, 0.6) is 5.75 Å². The summed E-state index contributed by atoms with van der Waals surface area (Å²) >= 11 is 3.45. The van der Waals surface area contributed by atoms with Crippen LogP contribution in [0, 0.1) is 0 Å². The first kappa shape index (κ1) is 13.5. The van der Waals surface area contributed by atoms with Gasteiger partial charge in [-0.15, -0.1) is 0 Å². The quantitative estimate of drug-likeness (QED) is 0.902. The summed E-state index contributed by atoms with van der Waals surface area (Å²) in [5.74, 6) is 0.875. The molecule has 16 heavy (non-hydrogen) atoms. The van der Waals surface area contributed by atoms with Crippen LogP contribution < -0.4 is 4.74 Å². The van der Waals surface area contributed by atoms with Gasteiger partial charge in [-0.05, 0) is 32.2 Å². The van der Waals surface area contributed by atoms with E-state index in [1.54, 1.807) is 7.11 Å². The minimum Gasteiger partial charge on any atom is -0.496 e. The van der Waals surface area contributed by atoms with Crippen LogP contribution in [0.25, 0.3) is 0 Å². The second-order valence-electron chi connectivity index (χ2n) is 3.90. The lowest BCUT2D eigenvalue weighted by Crippen LogP contribution is -2.31. The zero-order chi connectivity index (χ0) is 12.1. The molecule has 0 aliphatic carbocycles. The summed E-state index contributed by atoms with van der Waals surface area (Å²) in [6.45, 7) is 2.90.